The summed E-state index contributed by atoms with van der Waals surface area (Å²) in [7, 11) is 0. The van der Waals surface area contributed by atoms with Gasteiger partial charge in [0.15, 0.2) is 0 Å². The molecule has 0 bridgehead atoms. The quantitative estimate of drug-likeness (QED) is 0.885. The first-order valence-electron chi connectivity index (χ1n) is 7.42. The molecule has 0 aliphatic carbocycles. The third-order valence-electron chi connectivity index (χ3n) is 3.38. The maximum atomic E-state index is 5.51. The summed E-state index contributed by atoms with van der Waals surface area (Å²) in [6.45, 7) is 9.64. The van der Waals surface area contributed by atoms with Crippen molar-refractivity contribution < 1.29 is 4.74 Å². The number of aryl methyl sites for hydroxylation is 2. The van der Waals surface area contributed by atoms with E-state index in [1.807, 2.05) is 32.9 Å². The van der Waals surface area contributed by atoms with Gasteiger partial charge in [-0.1, -0.05) is 19.1 Å². The molecule has 21 heavy (non-hydrogen) atoms. The molecule has 0 saturated heterocycles. The van der Waals surface area contributed by atoms with Gasteiger partial charge in [-0.15, -0.1) is 0 Å². The van der Waals surface area contributed by atoms with Gasteiger partial charge in [0.1, 0.15) is 5.75 Å². The molecule has 0 saturated carbocycles. The van der Waals surface area contributed by atoms with Crippen LogP contribution in [-0.2, 0) is 0 Å². The number of aromatic nitrogens is 2. The van der Waals surface area contributed by atoms with Gasteiger partial charge in [0.05, 0.1) is 24.0 Å². The van der Waals surface area contributed by atoms with Gasteiger partial charge >= 0.3 is 0 Å². The number of ether oxygens (including phenoxy) is 1. The predicted molar refractivity (Wildman–Crippen MR) is 84.6 cm³/mol. The van der Waals surface area contributed by atoms with Gasteiger partial charge in [-0.3, -0.25) is 0 Å². The van der Waals surface area contributed by atoms with Crippen LogP contribution in [0.4, 0.5) is 0 Å². The molecule has 0 fully saturated rings. The fourth-order valence-corrected chi connectivity index (χ4v) is 2.40. The lowest BCUT2D eigenvalue weighted by Crippen LogP contribution is -2.23. The number of nitrogens with one attached hydrogen (secondary N) is 1. The predicted octanol–water partition coefficient (Wildman–Crippen LogP) is 3.19. The van der Waals surface area contributed by atoms with Crippen LogP contribution in [-0.4, -0.2) is 23.3 Å². The molecule has 0 amide bonds. The molecule has 1 heterocycles. The zero-order valence-electron chi connectivity index (χ0n) is 13.2. The molecule has 1 aromatic heterocycles. The van der Waals surface area contributed by atoms with E-state index in [2.05, 4.69) is 40.6 Å². The summed E-state index contributed by atoms with van der Waals surface area (Å²) in [5, 5.41) is 11.9. The Kier molecular flexibility index (Phi) is 5.28. The lowest BCUT2D eigenvalue weighted by Gasteiger charge is -2.20. The maximum absolute atomic E-state index is 5.51. The number of rotatable bonds is 6. The molecule has 4 heteroatoms. The van der Waals surface area contributed by atoms with Crippen molar-refractivity contribution in [2.75, 3.05) is 13.2 Å². The third-order valence-corrected chi connectivity index (χ3v) is 3.38. The zero-order chi connectivity index (χ0) is 15.2. The highest BCUT2D eigenvalue weighted by Crippen LogP contribution is 2.26. The van der Waals surface area contributed by atoms with Crippen molar-refractivity contribution in [1.29, 1.82) is 0 Å². The topological polar surface area (TPSA) is 47.0 Å². The van der Waals surface area contributed by atoms with Crippen LogP contribution in [0.3, 0.4) is 0 Å². The molecule has 4 nitrogen and oxygen atoms in total. The summed E-state index contributed by atoms with van der Waals surface area (Å²) >= 11 is 0. The Morgan fingerprint density at radius 1 is 1.10 bits per heavy atom. The van der Waals surface area contributed by atoms with Crippen molar-refractivity contribution >= 4 is 0 Å². The van der Waals surface area contributed by atoms with Crippen LogP contribution in [0.5, 0.6) is 5.75 Å². The minimum Gasteiger partial charge on any atom is -0.494 e. The van der Waals surface area contributed by atoms with Crippen LogP contribution in [0.1, 0.15) is 42.4 Å². The van der Waals surface area contributed by atoms with E-state index < -0.39 is 0 Å². The molecule has 1 N–H and O–H groups in total. The average Bonchev–Trinajstić information content (AvgIpc) is 2.49. The van der Waals surface area contributed by atoms with Crippen molar-refractivity contribution in [3.63, 3.8) is 0 Å². The van der Waals surface area contributed by atoms with Crippen LogP contribution in [0.2, 0.25) is 0 Å². The Bertz CT molecular complexity index is 581. The molecule has 112 valence electrons. The second-order valence-electron chi connectivity index (χ2n) is 5.02. The zero-order valence-corrected chi connectivity index (χ0v) is 13.2. The van der Waals surface area contributed by atoms with E-state index in [4.69, 9.17) is 4.74 Å². The molecule has 2 aromatic rings. The number of nitrogens with zero attached hydrogens (tertiary/aromatic N) is 2. The van der Waals surface area contributed by atoms with Crippen LogP contribution in [0, 0.1) is 13.8 Å². The Balaban J connectivity index is 2.35. The smallest absolute Gasteiger partial charge is 0.119 e. The lowest BCUT2D eigenvalue weighted by molar-refractivity contribution is 0.340. The third kappa shape index (κ3) is 3.79. The first kappa shape index (κ1) is 15.4. The van der Waals surface area contributed by atoms with Gasteiger partial charge in [0.2, 0.25) is 0 Å². The molecular weight excluding hydrogens is 262 g/mol. The van der Waals surface area contributed by atoms with E-state index in [0.717, 1.165) is 23.7 Å². The molecule has 1 unspecified atom stereocenters. The molecule has 2 rings (SSSR count). The standard InChI is InChI=1S/C17H23N3O/c1-5-18-17(16-11-12(3)19-20-13(16)4)14-7-9-15(10-8-14)21-6-2/h7-11,17-18H,5-6H2,1-4H3. The molecule has 0 aliphatic rings. The van der Waals surface area contributed by atoms with Crippen LogP contribution in [0.25, 0.3) is 0 Å². The monoisotopic (exact) mass is 285 g/mol. The van der Waals surface area contributed by atoms with Gasteiger partial charge in [-0.05, 0) is 56.6 Å². The second kappa shape index (κ2) is 7.18. The van der Waals surface area contributed by atoms with Crippen LogP contribution >= 0.6 is 0 Å². The van der Waals surface area contributed by atoms with E-state index in [1.165, 1.54) is 11.1 Å². The van der Waals surface area contributed by atoms with Gasteiger partial charge in [-0.2, -0.15) is 10.2 Å². The largest absolute Gasteiger partial charge is 0.494 e. The minimum atomic E-state index is 0.125. The average molecular weight is 285 g/mol. The van der Waals surface area contributed by atoms with Gasteiger partial charge < -0.3 is 10.1 Å². The second-order valence-corrected chi connectivity index (χ2v) is 5.02. The SMILES string of the molecule is CCNC(c1ccc(OCC)cc1)c1cc(C)nnc1C. The molecule has 1 atom stereocenters. The maximum Gasteiger partial charge on any atom is 0.119 e. The highest BCUT2D eigenvalue weighted by atomic mass is 16.5. The summed E-state index contributed by atoms with van der Waals surface area (Å²) < 4.78 is 5.51. The molecule has 1 aromatic carbocycles. The Labute approximate surface area is 126 Å². The van der Waals surface area contributed by atoms with Gasteiger partial charge in [0.25, 0.3) is 0 Å². The summed E-state index contributed by atoms with van der Waals surface area (Å²) in [5.41, 5.74) is 4.27. The summed E-state index contributed by atoms with van der Waals surface area (Å²) in [4.78, 5) is 0. The number of hydrogen-bond acceptors (Lipinski definition) is 4. The van der Waals surface area contributed by atoms with E-state index in [1.54, 1.807) is 0 Å². The highest BCUT2D eigenvalue weighted by molar-refractivity contribution is 5.37. The van der Waals surface area contributed by atoms with Crippen molar-refractivity contribution in [2.24, 2.45) is 0 Å². The van der Waals surface area contributed by atoms with Crippen molar-refractivity contribution in [3.05, 3.63) is 52.8 Å². The summed E-state index contributed by atoms with van der Waals surface area (Å²) in [6, 6.07) is 10.5. The summed E-state index contributed by atoms with van der Waals surface area (Å²) in [6.07, 6.45) is 0. The number of benzene rings is 1. The minimum absolute atomic E-state index is 0.125. The first-order valence-corrected chi connectivity index (χ1v) is 7.42. The van der Waals surface area contributed by atoms with Gasteiger partial charge in [0, 0.05) is 0 Å². The Hall–Kier alpha value is -1.94. The van der Waals surface area contributed by atoms with Crippen molar-refractivity contribution in [3.8, 4) is 5.75 Å². The van der Waals surface area contributed by atoms with Crippen molar-refractivity contribution in [2.45, 2.75) is 33.7 Å². The molecular formula is C17H23N3O. The molecule has 0 radical (unpaired) electrons. The highest BCUT2D eigenvalue weighted by Gasteiger charge is 2.16. The normalized spacial score (nSPS) is 12.2. The van der Waals surface area contributed by atoms with Gasteiger partial charge in [-0.25, -0.2) is 0 Å². The number of hydrogen-bond donors (Lipinski definition) is 1. The Morgan fingerprint density at radius 2 is 1.81 bits per heavy atom. The fraction of sp³-hybridized carbons (Fsp3) is 0.412. The van der Waals surface area contributed by atoms with Crippen LogP contribution in [0.15, 0.2) is 30.3 Å². The van der Waals surface area contributed by atoms with Crippen LogP contribution < -0.4 is 10.1 Å². The van der Waals surface area contributed by atoms with E-state index >= 15 is 0 Å². The fourth-order valence-electron chi connectivity index (χ4n) is 2.40. The van der Waals surface area contributed by atoms with Crippen molar-refractivity contribution in [1.82, 2.24) is 15.5 Å². The molecule has 0 spiro atoms. The lowest BCUT2D eigenvalue weighted by atomic mass is 9.97. The van der Waals surface area contributed by atoms with E-state index in [-0.39, 0.29) is 6.04 Å². The first-order chi connectivity index (χ1) is 10.2. The Morgan fingerprint density at radius 3 is 2.43 bits per heavy atom. The summed E-state index contributed by atoms with van der Waals surface area (Å²) in [5.74, 6) is 0.900. The van der Waals surface area contributed by atoms with E-state index in [9.17, 15) is 0 Å². The molecule has 0 aliphatic heterocycles. The van der Waals surface area contributed by atoms with E-state index in [0.29, 0.717) is 6.61 Å².